The minimum Gasteiger partial charge on any atom is -0.480 e. The largest absolute Gasteiger partial charge is 0.480 e. The van der Waals surface area contributed by atoms with Crippen LogP contribution in [0.3, 0.4) is 0 Å². The summed E-state index contributed by atoms with van der Waals surface area (Å²) in [5.74, 6) is 0.670. The summed E-state index contributed by atoms with van der Waals surface area (Å²) in [5.41, 5.74) is 0. The Labute approximate surface area is 140 Å². The number of hydrogen-bond donors (Lipinski definition) is 0. The molecule has 0 N–H and O–H groups in total. The molecule has 0 spiro atoms. The van der Waals surface area contributed by atoms with Gasteiger partial charge in [0.25, 0.3) is 0 Å². The molecule has 0 saturated carbocycles. The average molecular weight is 350 g/mol. The molecule has 2 aromatic heterocycles. The number of methoxy groups -OCH3 is 1. The van der Waals surface area contributed by atoms with Gasteiger partial charge < -0.3 is 9.47 Å². The highest BCUT2D eigenvalue weighted by Crippen LogP contribution is 2.23. The number of nitrogens with zero attached hydrogens (tertiary/aromatic N) is 4. The summed E-state index contributed by atoms with van der Waals surface area (Å²) < 4.78 is 37.6. The van der Waals surface area contributed by atoms with Crippen LogP contribution in [-0.2, 0) is 10.0 Å². The summed E-state index contributed by atoms with van der Waals surface area (Å²) in [6.45, 7) is 0.719. The van der Waals surface area contributed by atoms with Gasteiger partial charge in [0, 0.05) is 18.9 Å². The van der Waals surface area contributed by atoms with Gasteiger partial charge in [0.15, 0.2) is 0 Å². The minimum atomic E-state index is -3.57. The van der Waals surface area contributed by atoms with Crippen LogP contribution >= 0.6 is 0 Å². The van der Waals surface area contributed by atoms with E-state index in [1.165, 1.54) is 30.0 Å². The van der Waals surface area contributed by atoms with Gasteiger partial charge in [-0.05, 0) is 25.0 Å². The van der Waals surface area contributed by atoms with Gasteiger partial charge in [-0.1, -0.05) is 0 Å². The molecule has 0 amide bonds. The van der Waals surface area contributed by atoms with Crippen LogP contribution in [-0.4, -0.2) is 54.0 Å². The Morgan fingerprint density at radius 2 is 2.04 bits per heavy atom. The molecule has 24 heavy (non-hydrogen) atoms. The van der Waals surface area contributed by atoms with Crippen LogP contribution in [0.25, 0.3) is 0 Å². The molecular formula is C15H18N4O4S. The van der Waals surface area contributed by atoms with E-state index < -0.39 is 10.0 Å². The smallest absolute Gasteiger partial charge is 0.244 e. The molecule has 0 bridgehead atoms. The highest BCUT2D eigenvalue weighted by atomic mass is 32.2. The van der Waals surface area contributed by atoms with Crippen LogP contribution in [0.4, 0.5) is 0 Å². The van der Waals surface area contributed by atoms with Crippen molar-refractivity contribution in [3.63, 3.8) is 0 Å². The van der Waals surface area contributed by atoms with E-state index in [-0.39, 0.29) is 17.5 Å². The van der Waals surface area contributed by atoms with E-state index in [1.807, 2.05) is 0 Å². The molecule has 9 heteroatoms. The number of aromatic nitrogens is 3. The van der Waals surface area contributed by atoms with E-state index in [1.54, 1.807) is 18.3 Å². The zero-order valence-corrected chi connectivity index (χ0v) is 14.0. The van der Waals surface area contributed by atoms with Crippen molar-refractivity contribution in [2.24, 2.45) is 0 Å². The lowest BCUT2D eigenvalue weighted by atomic mass is 10.1. The number of piperidine rings is 1. The van der Waals surface area contributed by atoms with Gasteiger partial charge in [-0.25, -0.2) is 8.42 Å². The molecule has 1 aliphatic rings. The summed E-state index contributed by atoms with van der Waals surface area (Å²) in [6.07, 6.45) is 7.03. The number of hydrogen-bond acceptors (Lipinski definition) is 7. The molecule has 3 heterocycles. The molecule has 0 aromatic carbocycles. The molecule has 1 aliphatic heterocycles. The monoisotopic (exact) mass is 350 g/mol. The molecule has 8 nitrogen and oxygen atoms in total. The first kappa shape index (κ1) is 16.6. The number of rotatable bonds is 5. The summed E-state index contributed by atoms with van der Waals surface area (Å²) in [4.78, 5) is 12.2. The Bertz CT molecular complexity index is 785. The van der Waals surface area contributed by atoms with E-state index in [0.717, 1.165) is 6.42 Å². The Morgan fingerprint density at radius 3 is 2.79 bits per heavy atom. The lowest BCUT2D eigenvalue weighted by molar-refractivity contribution is 0.123. The van der Waals surface area contributed by atoms with Crippen LogP contribution in [0.15, 0.2) is 41.8 Å². The van der Waals surface area contributed by atoms with Crippen LogP contribution in [0.1, 0.15) is 12.8 Å². The average Bonchev–Trinajstić information content (AvgIpc) is 2.63. The quantitative estimate of drug-likeness (QED) is 0.797. The second-order valence-corrected chi connectivity index (χ2v) is 7.27. The second-order valence-electron chi connectivity index (χ2n) is 5.33. The molecule has 0 aliphatic carbocycles. The van der Waals surface area contributed by atoms with Gasteiger partial charge in [0.05, 0.1) is 26.0 Å². The predicted molar refractivity (Wildman–Crippen MR) is 85.2 cm³/mol. The molecule has 2 aromatic rings. The maximum atomic E-state index is 12.7. The number of ether oxygens (including phenoxy) is 2. The third-order valence-corrected chi connectivity index (χ3v) is 5.55. The van der Waals surface area contributed by atoms with Crippen molar-refractivity contribution in [3.8, 4) is 11.8 Å². The first-order chi connectivity index (χ1) is 11.6. The lowest BCUT2D eigenvalue weighted by Gasteiger charge is -2.31. The SMILES string of the molecule is COc1cncc(OC2CCCN(S(=O)(=O)c3cccnc3)C2)n1. The maximum absolute atomic E-state index is 12.7. The van der Waals surface area contributed by atoms with Gasteiger partial charge in [0.1, 0.15) is 11.0 Å². The maximum Gasteiger partial charge on any atom is 0.244 e. The molecule has 3 rings (SSSR count). The molecule has 1 fully saturated rings. The number of sulfonamides is 1. The van der Waals surface area contributed by atoms with E-state index in [0.29, 0.717) is 24.7 Å². The van der Waals surface area contributed by atoms with Crippen molar-refractivity contribution < 1.29 is 17.9 Å². The van der Waals surface area contributed by atoms with Crippen molar-refractivity contribution in [2.75, 3.05) is 20.2 Å². The van der Waals surface area contributed by atoms with E-state index in [4.69, 9.17) is 9.47 Å². The fourth-order valence-electron chi connectivity index (χ4n) is 2.53. The van der Waals surface area contributed by atoms with Crippen LogP contribution in [0.5, 0.6) is 11.8 Å². The molecule has 1 saturated heterocycles. The third kappa shape index (κ3) is 3.62. The fourth-order valence-corrected chi connectivity index (χ4v) is 4.00. The first-order valence-electron chi connectivity index (χ1n) is 7.52. The summed E-state index contributed by atoms with van der Waals surface area (Å²) in [7, 11) is -2.07. The van der Waals surface area contributed by atoms with Gasteiger partial charge in [-0.3, -0.25) is 9.97 Å². The van der Waals surface area contributed by atoms with Crippen LogP contribution < -0.4 is 9.47 Å². The third-order valence-electron chi connectivity index (χ3n) is 3.70. The molecule has 0 radical (unpaired) electrons. The zero-order valence-electron chi connectivity index (χ0n) is 13.2. The molecule has 1 atom stereocenters. The summed E-state index contributed by atoms with van der Waals surface area (Å²) in [6, 6.07) is 3.15. The van der Waals surface area contributed by atoms with Crippen LogP contribution in [0, 0.1) is 0 Å². The van der Waals surface area contributed by atoms with E-state index >= 15 is 0 Å². The zero-order chi connectivity index (χ0) is 17.0. The molecule has 1 unspecified atom stereocenters. The van der Waals surface area contributed by atoms with E-state index in [9.17, 15) is 8.42 Å². The van der Waals surface area contributed by atoms with Gasteiger partial charge in [-0.15, -0.1) is 0 Å². The summed E-state index contributed by atoms with van der Waals surface area (Å²) >= 11 is 0. The topological polar surface area (TPSA) is 94.5 Å². The van der Waals surface area contributed by atoms with Crippen molar-refractivity contribution >= 4 is 10.0 Å². The standard InChI is InChI=1S/C15H18N4O4S/c1-22-14-9-17-10-15(18-14)23-12-4-3-7-19(11-12)24(20,21)13-5-2-6-16-8-13/h2,5-6,8-10,12H,3-4,7,11H2,1H3. The molecule has 128 valence electrons. The predicted octanol–water partition coefficient (Wildman–Crippen LogP) is 1.11. The Morgan fingerprint density at radius 1 is 1.21 bits per heavy atom. The minimum absolute atomic E-state index is 0.187. The van der Waals surface area contributed by atoms with Crippen LogP contribution in [0.2, 0.25) is 0 Å². The van der Waals surface area contributed by atoms with Crippen molar-refractivity contribution in [2.45, 2.75) is 23.8 Å². The second kappa shape index (κ2) is 7.10. The van der Waals surface area contributed by atoms with Gasteiger partial charge in [0.2, 0.25) is 21.8 Å². The number of pyridine rings is 1. The highest BCUT2D eigenvalue weighted by Gasteiger charge is 2.31. The normalized spacial score (nSPS) is 19.0. The van der Waals surface area contributed by atoms with Crippen molar-refractivity contribution in [1.82, 2.24) is 19.3 Å². The van der Waals surface area contributed by atoms with Gasteiger partial charge >= 0.3 is 0 Å². The Balaban J connectivity index is 1.72. The Kier molecular flexibility index (Phi) is 4.91. The first-order valence-corrected chi connectivity index (χ1v) is 8.96. The summed E-state index contributed by atoms with van der Waals surface area (Å²) in [5, 5.41) is 0. The fraction of sp³-hybridized carbons (Fsp3) is 0.400. The van der Waals surface area contributed by atoms with Crippen molar-refractivity contribution in [3.05, 3.63) is 36.9 Å². The lowest BCUT2D eigenvalue weighted by Crippen LogP contribution is -2.44. The Hall–Kier alpha value is -2.26. The highest BCUT2D eigenvalue weighted by molar-refractivity contribution is 7.89. The molecular weight excluding hydrogens is 332 g/mol. The van der Waals surface area contributed by atoms with Crippen molar-refractivity contribution in [1.29, 1.82) is 0 Å². The van der Waals surface area contributed by atoms with E-state index in [2.05, 4.69) is 15.0 Å². The van der Waals surface area contributed by atoms with Gasteiger partial charge in [-0.2, -0.15) is 9.29 Å².